The third-order valence-corrected chi connectivity index (χ3v) is 14.0. The molecule has 2 aromatic rings. The van der Waals surface area contributed by atoms with Crippen molar-refractivity contribution in [3.63, 3.8) is 0 Å². The number of nitrogens with zero attached hydrogens (tertiary/aromatic N) is 3. The highest BCUT2D eigenvalue weighted by Gasteiger charge is 2.39. The molecule has 1 saturated heterocycles. The molecule has 268 valence electrons. The summed E-state index contributed by atoms with van der Waals surface area (Å²) >= 11 is 6.38. The van der Waals surface area contributed by atoms with E-state index in [0.29, 0.717) is 35.7 Å². The minimum atomic E-state index is -3.89. The first-order valence-corrected chi connectivity index (χ1v) is 20.2. The van der Waals surface area contributed by atoms with Gasteiger partial charge >= 0.3 is 0 Å². The van der Waals surface area contributed by atoms with E-state index in [1.807, 2.05) is 42.2 Å². The van der Waals surface area contributed by atoms with Crippen LogP contribution in [0.1, 0.15) is 87.2 Å². The number of halogens is 1. The summed E-state index contributed by atoms with van der Waals surface area (Å²) in [6.07, 6.45) is 8.02. The highest BCUT2D eigenvalue weighted by atomic mass is 35.5. The van der Waals surface area contributed by atoms with Crippen molar-refractivity contribution in [2.75, 3.05) is 50.7 Å². The largest absolute Gasteiger partial charge is 0.487 e. The second kappa shape index (κ2) is 15.6. The Balaban J connectivity index is 1.32. The molecule has 4 aliphatic rings. The van der Waals surface area contributed by atoms with E-state index in [2.05, 4.69) is 14.5 Å². The number of anilines is 1. The summed E-state index contributed by atoms with van der Waals surface area (Å²) in [4.78, 5) is 32.4. The number of piperazine rings is 1. The molecule has 2 aromatic carbocycles. The Kier molecular flexibility index (Phi) is 11.5. The van der Waals surface area contributed by atoms with Crippen molar-refractivity contribution in [3.8, 4) is 5.75 Å². The molecule has 0 aromatic heterocycles. The topological polar surface area (TPSA) is 99.3 Å². The molecule has 1 N–H and O–H groups in total. The third-order valence-electron chi connectivity index (χ3n) is 11.8. The Morgan fingerprint density at radius 3 is 2.47 bits per heavy atom. The number of carbonyl (C=O) groups excluding carboxylic acids is 2. The molecule has 2 bridgehead atoms. The highest BCUT2D eigenvalue weighted by molar-refractivity contribution is 7.90. The van der Waals surface area contributed by atoms with Crippen LogP contribution >= 0.6 is 11.6 Å². The standard InChI is InChI=1S/C38H53ClN4O5S/c1-26-7-6-9-31(23-41-17-19-42(20-18-41)28(3)44)35-14-11-32(35)24-43-16-5-4-8-29-21-34(39)13-10-33(29)25-48-37-15-12-30(22-36(37)43)38(45)40-49(46,47)27(26)2/h10,12-13,15,21-22,26-27,31-32,35H,4-9,11,14,16-20,23-25H2,1-3H3,(H,40,45)/t26-,27+,31-,32-,35-/m0/s1. The number of benzene rings is 2. The molecule has 0 radical (unpaired) electrons. The van der Waals surface area contributed by atoms with Crippen molar-refractivity contribution < 1.29 is 22.7 Å². The van der Waals surface area contributed by atoms with E-state index < -0.39 is 21.2 Å². The van der Waals surface area contributed by atoms with Gasteiger partial charge < -0.3 is 14.5 Å². The van der Waals surface area contributed by atoms with Crippen LogP contribution in [0, 0.1) is 23.7 Å². The number of nitrogens with one attached hydrogen (secondary N) is 1. The summed E-state index contributed by atoms with van der Waals surface area (Å²) in [6, 6.07) is 11.3. The smallest absolute Gasteiger partial charge is 0.264 e. The molecule has 0 spiro atoms. The van der Waals surface area contributed by atoms with Gasteiger partial charge in [0.05, 0.1) is 10.9 Å². The monoisotopic (exact) mass is 712 g/mol. The minimum Gasteiger partial charge on any atom is -0.487 e. The third kappa shape index (κ3) is 8.56. The zero-order chi connectivity index (χ0) is 34.7. The fraction of sp³-hybridized carbons (Fsp3) is 0.632. The van der Waals surface area contributed by atoms with Crippen molar-refractivity contribution >= 4 is 39.1 Å². The number of aryl methyl sites for hydroxylation is 1. The summed E-state index contributed by atoms with van der Waals surface area (Å²) in [5, 5.41) is 0.0212. The van der Waals surface area contributed by atoms with Crippen LogP contribution in [0.5, 0.6) is 5.75 Å². The van der Waals surface area contributed by atoms with Crippen molar-refractivity contribution in [2.45, 2.75) is 84.0 Å². The van der Waals surface area contributed by atoms with E-state index in [1.165, 1.54) is 18.4 Å². The second-order valence-corrected chi connectivity index (χ2v) is 17.4. The molecule has 3 heterocycles. The van der Waals surface area contributed by atoms with Crippen LogP contribution < -0.4 is 14.4 Å². The van der Waals surface area contributed by atoms with Crippen LogP contribution in [0.4, 0.5) is 5.69 Å². The zero-order valence-electron chi connectivity index (χ0n) is 29.3. The Morgan fingerprint density at radius 1 is 0.939 bits per heavy atom. The SMILES string of the molecule is CC(=O)N1CCN(C[C@@H]2CCC[C@H](C)[C@@H](C)S(=O)(=O)NC(=O)c3ccc4c(c3)N(CCCCc3cc(Cl)ccc3CO4)C[C@@H]3CC[C@@H]23)CC1. The fourth-order valence-electron chi connectivity index (χ4n) is 8.35. The predicted molar refractivity (Wildman–Crippen MR) is 195 cm³/mol. The first-order chi connectivity index (χ1) is 23.5. The lowest BCUT2D eigenvalue weighted by molar-refractivity contribution is -0.130. The van der Waals surface area contributed by atoms with E-state index in [9.17, 15) is 18.0 Å². The van der Waals surface area contributed by atoms with Gasteiger partial charge in [0.15, 0.2) is 0 Å². The van der Waals surface area contributed by atoms with Gasteiger partial charge in [-0.1, -0.05) is 31.0 Å². The second-order valence-electron chi connectivity index (χ2n) is 14.9. The average molecular weight is 713 g/mol. The molecular formula is C38H53ClN4O5S. The van der Waals surface area contributed by atoms with E-state index in [-0.39, 0.29) is 11.8 Å². The fourth-order valence-corrected chi connectivity index (χ4v) is 9.85. The van der Waals surface area contributed by atoms with Crippen molar-refractivity contribution in [3.05, 3.63) is 58.1 Å². The van der Waals surface area contributed by atoms with Gasteiger partial charge in [0, 0.05) is 63.3 Å². The van der Waals surface area contributed by atoms with Crippen molar-refractivity contribution in [2.24, 2.45) is 23.7 Å². The molecule has 0 unspecified atom stereocenters. The van der Waals surface area contributed by atoms with Gasteiger partial charge in [0.1, 0.15) is 12.4 Å². The van der Waals surface area contributed by atoms with Crippen LogP contribution in [0.2, 0.25) is 5.02 Å². The van der Waals surface area contributed by atoms with Gasteiger partial charge in [-0.3, -0.25) is 14.5 Å². The molecule has 49 heavy (non-hydrogen) atoms. The van der Waals surface area contributed by atoms with Crippen LogP contribution in [0.3, 0.4) is 0 Å². The van der Waals surface area contributed by atoms with E-state index in [4.69, 9.17) is 16.3 Å². The van der Waals surface area contributed by atoms with E-state index in [0.717, 1.165) is 101 Å². The maximum Gasteiger partial charge on any atom is 0.264 e. The van der Waals surface area contributed by atoms with Crippen LogP contribution in [-0.2, 0) is 27.8 Å². The molecule has 2 fully saturated rings. The number of rotatable bonds is 2. The summed E-state index contributed by atoms with van der Waals surface area (Å²) in [7, 11) is -3.89. The van der Waals surface area contributed by atoms with E-state index in [1.54, 1.807) is 19.9 Å². The maximum atomic E-state index is 13.5. The van der Waals surface area contributed by atoms with Crippen LogP contribution in [0.15, 0.2) is 36.4 Å². The van der Waals surface area contributed by atoms with Gasteiger partial charge in [-0.2, -0.15) is 0 Å². The first-order valence-electron chi connectivity index (χ1n) is 18.3. The van der Waals surface area contributed by atoms with Crippen molar-refractivity contribution in [1.82, 2.24) is 14.5 Å². The maximum absolute atomic E-state index is 13.5. The predicted octanol–water partition coefficient (Wildman–Crippen LogP) is 6.14. The number of amides is 2. The molecule has 2 amide bonds. The van der Waals surface area contributed by atoms with Gasteiger partial charge in [0.2, 0.25) is 15.9 Å². The molecule has 9 nitrogen and oxygen atoms in total. The van der Waals surface area contributed by atoms with Gasteiger partial charge in [0.25, 0.3) is 5.91 Å². The minimum absolute atomic E-state index is 0.0933. The Morgan fingerprint density at radius 2 is 1.73 bits per heavy atom. The summed E-state index contributed by atoms with van der Waals surface area (Å²) in [5.41, 5.74) is 3.46. The normalized spacial score (nSPS) is 28.5. The summed E-state index contributed by atoms with van der Waals surface area (Å²) < 4.78 is 35.9. The Labute approximate surface area is 297 Å². The number of hydrogen-bond donors (Lipinski definition) is 1. The number of carbonyl (C=O) groups is 2. The Hall–Kier alpha value is -2.82. The van der Waals surface area contributed by atoms with Gasteiger partial charge in [-0.05, 0) is 117 Å². The molecule has 11 heteroatoms. The van der Waals surface area contributed by atoms with Crippen LogP contribution in [-0.4, -0.2) is 81.1 Å². The quantitative estimate of drug-likeness (QED) is 0.400. The number of hydrogen-bond acceptors (Lipinski definition) is 7. The molecule has 5 atom stereocenters. The lowest BCUT2D eigenvalue weighted by Gasteiger charge is -2.47. The highest BCUT2D eigenvalue weighted by Crippen LogP contribution is 2.44. The van der Waals surface area contributed by atoms with Crippen molar-refractivity contribution in [1.29, 1.82) is 0 Å². The summed E-state index contributed by atoms with van der Waals surface area (Å²) in [5.74, 6) is 1.72. The molecule has 6 rings (SSSR count). The van der Waals surface area contributed by atoms with Gasteiger partial charge in [-0.15, -0.1) is 0 Å². The van der Waals surface area contributed by atoms with Crippen LogP contribution in [0.25, 0.3) is 0 Å². The van der Waals surface area contributed by atoms with Gasteiger partial charge in [-0.25, -0.2) is 13.1 Å². The molecule has 3 aliphatic heterocycles. The lowest BCUT2D eigenvalue weighted by atomic mass is 9.65. The summed E-state index contributed by atoms with van der Waals surface area (Å²) in [6.45, 7) is 11.8. The average Bonchev–Trinajstić information content (AvgIpc) is 3.09. The Bertz CT molecular complexity index is 1610. The molecule has 1 aliphatic carbocycles. The molecular weight excluding hydrogens is 660 g/mol. The zero-order valence-corrected chi connectivity index (χ0v) is 30.9. The first kappa shape index (κ1) is 36.0. The van der Waals surface area contributed by atoms with E-state index >= 15 is 0 Å². The number of fused-ring (bicyclic) bond motifs is 3. The molecule has 1 saturated carbocycles. The number of ether oxygens (including phenoxy) is 1. The lowest BCUT2D eigenvalue weighted by Crippen LogP contribution is -2.51. The number of sulfonamides is 1.